The summed E-state index contributed by atoms with van der Waals surface area (Å²) in [7, 11) is 0. The molecule has 0 saturated heterocycles. The van der Waals surface area contributed by atoms with Crippen LogP contribution in [0.2, 0.25) is 0 Å². The standard InChI is InChI=1S/C13H24N4O/c1-4-6-8-18-9-7-15-12-10-11(3)16-13(17-12)14-5-2/h10H,4-9H2,1-3H3,(H2,14,15,16,17). The van der Waals surface area contributed by atoms with Gasteiger partial charge in [-0.1, -0.05) is 13.3 Å². The molecule has 102 valence electrons. The number of nitrogens with zero attached hydrogens (tertiary/aromatic N) is 2. The molecule has 1 rings (SSSR count). The van der Waals surface area contributed by atoms with Gasteiger partial charge in [0.05, 0.1) is 6.61 Å². The Morgan fingerprint density at radius 3 is 2.72 bits per heavy atom. The highest BCUT2D eigenvalue weighted by Gasteiger charge is 2.00. The van der Waals surface area contributed by atoms with Gasteiger partial charge in [0.15, 0.2) is 0 Å². The lowest BCUT2D eigenvalue weighted by Crippen LogP contribution is -2.12. The minimum Gasteiger partial charge on any atom is -0.380 e. The van der Waals surface area contributed by atoms with E-state index in [4.69, 9.17) is 4.74 Å². The zero-order chi connectivity index (χ0) is 13.2. The molecule has 18 heavy (non-hydrogen) atoms. The molecule has 0 spiro atoms. The third kappa shape index (κ3) is 5.82. The van der Waals surface area contributed by atoms with Crippen molar-refractivity contribution >= 4 is 11.8 Å². The number of hydrogen-bond acceptors (Lipinski definition) is 5. The first-order chi connectivity index (χ1) is 8.76. The highest BCUT2D eigenvalue weighted by Crippen LogP contribution is 2.08. The fourth-order valence-electron chi connectivity index (χ4n) is 1.50. The molecule has 2 N–H and O–H groups in total. The van der Waals surface area contributed by atoms with Crippen molar-refractivity contribution in [2.45, 2.75) is 33.6 Å². The minimum atomic E-state index is 0.673. The average Bonchev–Trinajstić information content (AvgIpc) is 2.33. The molecule has 0 aromatic carbocycles. The largest absolute Gasteiger partial charge is 0.380 e. The summed E-state index contributed by atoms with van der Waals surface area (Å²) >= 11 is 0. The van der Waals surface area contributed by atoms with Gasteiger partial charge >= 0.3 is 0 Å². The lowest BCUT2D eigenvalue weighted by molar-refractivity contribution is 0.141. The number of aromatic nitrogens is 2. The predicted octanol–water partition coefficient (Wildman–Crippen LogP) is 2.45. The molecular weight excluding hydrogens is 228 g/mol. The Morgan fingerprint density at radius 2 is 2.00 bits per heavy atom. The van der Waals surface area contributed by atoms with Crippen LogP contribution in [0.4, 0.5) is 11.8 Å². The van der Waals surface area contributed by atoms with Crippen molar-refractivity contribution in [3.63, 3.8) is 0 Å². The van der Waals surface area contributed by atoms with E-state index in [0.717, 1.165) is 37.6 Å². The molecule has 0 atom stereocenters. The van der Waals surface area contributed by atoms with Gasteiger partial charge in [-0.15, -0.1) is 0 Å². The van der Waals surface area contributed by atoms with Crippen LogP contribution in [0.5, 0.6) is 0 Å². The van der Waals surface area contributed by atoms with Gasteiger partial charge in [0.2, 0.25) is 5.95 Å². The second kappa shape index (κ2) is 8.69. The molecule has 0 amide bonds. The highest BCUT2D eigenvalue weighted by atomic mass is 16.5. The quantitative estimate of drug-likeness (QED) is 0.661. The summed E-state index contributed by atoms with van der Waals surface area (Å²) in [6, 6.07) is 1.94. The Bertz CT molecular complexity index is 344. The molecule has 0 aliphatic rings. The molecule has 1 aromatic rings. The third-order valence-electron chi connectivity index (χ3n) is 2.38. The Hall–Kier alpha value is -1.36. The number of aryl methyl sites for hydroxylation is 1. The van der Waals surface area contributed by atoms with Crippen LogP contribution in [-0.2, 0) is 4.74 Å². The Morgan fingerprint density at radius 1 is 1.17 bits per heavy atom. The smallest absolute Gasteiger partial charge is 0.224 e. The lowest BCUT2D eigenvalue weighted by Gasteiger charge is -2.09. The van der Waals surface area contributed by atoms with Crippen molar-refractivity contribution < 1.29 is 4.74 Å². The third-order valence-corrected chi connectivity index (χ3v) is 2.38. The van der Waals surface area contributed by atoms with E-state index in [2.05, 4.69) is 27.5 Å². The Balaban J connectivity index is 2.32. The molecule has 5 heteroatoms. The first-order valence-corrected chi connectivity index (χ1v) is 6.67. The number of unbranched alkanes of at least 4 members (excludes halogenated alkanes) is 1. The average molecular weight is 252 g/mol. The predicted molar refractivity (Wildman–Crippen MR) is 75.1 cm³/mol. The monoisotopic (exact) mass is 252 g/mol. The maximum atomic E-state index is 5.48. The van der Waals surface area contributed by atoms with E-state index in [1.807, 2.05) is 19.9 Å². The lowest BCUT2D eigenvalue weighted by atomic mass is 10.4. The molecule has 1 aromatic heterocycles. The van der Waals surface area contributed by atoms with E-state index in [-0.39, 0.29) is 0 Å². The molecule has 0 aliphatic carbocycles. The van der Waals surface area contributed by atoms with Gasteiger partial charge < -0.3 is 15.4 Å². The van der Waals surface area contributed by atoms with Crippen molar-refractivity contribution in [3.8, 4) is 0 Å². The summed E-state index contributed by atoms with van der Waals surface area (Å²) in [6.45, 7) is 9.29. The van der Waals surface area contributed by atoms with E-state index in [9.17, 15) is 0 Å². The van der Waals surface area contributed by atoms with Crippen molar-refractivity contribution in [1.82, 2.24) is 9.97 Å². The number of ether oxygens (including phenoxy) is 1. The van der Waals surface area contributed by atoms with Crippen LogP contribution in [0.15, 0.2) is 6.07 Å². The number of hydrogen-bond donors (Lipinski definition) is 2. The maximum Gasteiger partial charge on any atom is 0.224 e. The zero-order valence-electron chi connectivity index (χ0n) is 11.6. The summed E-state index contributed by atoms with van der Waals surface area (Å²) in [5.74, 6) is 1.52. The molecule has 0 radical (unpaired) electrons. The van der Waals surface area contributed by atoms with E-state index in [0.29, 0.717) is 12.6 Å². The van der Waals surface area contributed by atoms with Gasteiger partial charge in [0.25, 0.3) is 0 Å². The molecule has 0 unspecified atom stereocenters. The first-order valence-electron chi connectivity index (χ1n) is 6.67. The summed E-state index contributed by atoms with van der Waals surface area (Å²) in [5, 5.41) is 6.36. The number of nitrogens with one attached hydrogen (secondary N) is 2. The van der Waals surface area contributed by atoms with Gasteiger partial charge in [-0.25, -0.2) is 4.98 Å². The Labute approximate surface area is 109 Å². The van der Waals surface area contributed by atoms with Crippen LogP contribution < -0.4 is 10.6 Å². The van der Waals surface area contributed by atoms with Crippen molar-refractivity contribution in [2.24, 2.45) is 0 Å². The van der Waals surface area contributed by atoms with Crippen LogP contribution >= 0.6 is 0 Å². The van der Waals surface area contributed by atoms with Crippen LogP contribution in [-0.4, -0.2) is 36.3 Å². The second-order valence-corrected chi connectivity index (χ2v) is 4.14. The second-order valence-electron chi connectivity index (χ2n) is 4.14. The summed E-state index contributed by atoms with van der Waals surface area (Å²) in [5.41, 5.74) is 0.954. The number of anilines is 2. The van der Waals surface area contributed by atoms with Gasteiger partial charge in [0.1, 0.15) is 5.82 Å². The van der Waals surface area contributed by atoms with Crippen LogP contribution in [0.3, 0.4) is 0 Å². The fourth-order valence-corrected chi connectivity index (χ4v) is 1.50. The fraction of sp³-hybridized carbons (Fsp3) is 0.692. The van der Waals surface area contributed by atoms with Gasteiger partial charge in [-0.2, -0.15) is 4.98 Å². The summed E-state index contributed by atoms with van der Waals surface area (Å²) in [4.78, 5) is 8.67. The van der Waals surface area contributed by atoms with E-state index < -0.39 is 0 Å². The minimum absolute atomic E-state index is 0.673. The zero-order valence-corrected chi connectivity index (χ0v) is 11.6. The van der Waals surface area contributed by atoms with Crippen molar-refractivity contribution in [3.05, 3.63) is 11.8 Å². The summed E-state index contributed by atoms with van der Waals surface area (Å²) in [6.07, 6.45) is 2.29. The molecule has 0 bridgehead atoms. The molecule has 0 aliphatic heterocycles. The first kappa shape index (κ1) is 14.7. The topological polar surface area (TPSA) is 59.1 Å². The Kier molecular flexibility index (Phi) is 7.10. The van der Waals surface area contributed by atoms with Crippen LogP contribution in [0.25, 0.3) is 0 Å². The summed E-state index contributed by atoms with van der Waals surface area (Å²) < 4.78 is 5.48. The molecule has 5 nitrogen and oxygen atoms in total. The van der Waals surface area contributed by atoms with Crippen molar-refractivity contribution in [2.75, 3.05) is 36.9 Å². The van der Waals surface area contributed by atoms with E-state index >= 15 is 0 Å². The van der Waals surface area contributed by atoms with Crippen LogP contribution in [0, 0.1) is 6.92 Å². The van der Waals surface area contributed by atoms with Crippen molar-refractivity contribution in [1.29, 1.82) is 0 Å². The molecular formula is C13H24N4O. The van der Waals surface area contributed by atoms with Crippen LogP contribution in [0.1, 0.15) is 32.4 Å². The molecule has 1 heterocycles. The van der Waals surface area contributed by atoms with E-state index in [1.54, 1.807) is 0 Å². The normalized spacial score (nSPS) is 10.4. The van der Waals surface area contributed by atoms with Gasteiger partial charge in [-0.3, -0.25) is 0 Å². The molecule has 0 saturated carbocycles. The number of rotatable bonds is 9. The van der Waals surface area contributed by atoms with Gasteiger partial charge in [0, 0.05) is 31.5 Å². The molecule has 0 fully saturated rings. The van der Waals surface area contributed by atoms with E-state index in [1.165, 1.54) is 6.42 Å². The van der Waals surface area contributed by atoms with Gasteiger partial charge in [-0.05, 0) is 20.3 Å². The maximum absolute atomic E-state index is 5.48. The highest BCUT2D eigenvalue weighted by molar-refractivity contribution is 5.41. The SMILES string of the molecule is CCCCOCCNc1cc(C)nc(NCC)n1.